The molecule has 0 aliphatic heterocycles. The van der Waals surface area contributed by atoms with Gasteiger partial charge in [0.15, 0.2) is 6.29 Å². The number of hydrogen-bond donors (Lipinski definition) is 0. The van der Waals surface area contributed by atoms with Crippen LogP contribution in [-0.4, -0.2) is 27.7 Å². The van der Waals surface area contributed by atoms with Gasteiger partial charge < -0.3 is 4.74 Å². The van der Waals surface area contributed by atoms with Crippen molar-refractivity contribution in [3.05, 3.63) is 53.9 Å². The Morgan fingerprint density at radius 1 is 1.11 bits per heavy atom. The van der Waals surface area contributed by atoms with E-state index >= 15 is 0 Å². The SMILES string of the molecule is Cn1nc(-c2ccc(C=O)c(OC(F)F)c2)cc1-c1ccc(C(F)(F)F)nc1. The van der Waals surface area contributed by atoms with E-state index in [1.165, 1.54) is 28.9 Å². The van der Waals surface area contributed by atoms with E-state index in [-0.39, 0.29) is 11.3 Å². The van der Waals surface area contributed by atoms with Crippen LogP contribution in [0.1, 0.15) is 16.1 Å². The van der Waals surface area contributed by atoms with E-state index < -0.39 is 18.5 Å². The molecule has 0 aliphatic rings. The standard InChI is InChI=1S/C18H12F5N3O2/c1-26-14(11-4-5-16(24-8-11)18(21,22)23)7-13(25-26)10-2-3-12(9-27)15(6-10)28-17(19)20/h2-9,17H,1H3. The Kier molecular flexibility index (Phi) is 5.12. The molecule has 1 aromatic carbocycles. The Morgan fingerprint density at radius 3 is 2.39 bits per heavy atom. The Labute approximate surface area is 155 Å². The summed E-state index contributed by atoms with van der Waals surface area (Å²) in [6.07, 6.45) is -3.08. The summed E-state index contributed by atoms with van der Waals surface area (Å²) in [6.45, 7) is -3.11. The van der Waals surface area contributed by atoms with Crippen molar-refractivity contribution in [2.45, 2.75) is 12.8 Å². The Morgan fingerprint density at radius 2 is 1.82 bits per heavy atom. The summed E-state index contributed by atoms with van der Waals surface area (Å²) in [5, 5.41) is 4.24. The monoisotopic (exact) mass is 397 g/mol. The van der Waals surface area contributed by atoms with E-state index in [4.69, 9.17) is 0 Å². The summed E-state index contributed by atoms with van der Waals surface area (Å²) >= 11 is 0. The predicted octanol–water partition coefficient (Wildman–Crippen LogP) is 4.58. The van der Waals surface area contributed by atoms with Crippen LogP contribution in [-0.2, 0) is 13.2 Å². The topological polar surface area (TPSA) is 57.0 Å². The number of pyridine rings is 1. The maximum Gasteiger partial charge on any atom is 0.433 e. The number of alkyl halides is 5. The fourth-order valence-electron chi connectivity index (χ4n) is 2.58. The Balaban J connectivity index is 1.97. The number of carbonyl (C=O) groups is 1. The normalized spacial score (nSPS) is 11.7. The number of halogens is 5. The minimum Gasteiger partial charge on any atom is -0.434 e. The van der Waals surface area contributed by atoms with Crippen LogP contribution in [0, 0.1) is 0 Å². The molecule has 0 spiro atoms. The van der Waals surface area contributed by atoms with E-state index in [9.17, 15) is 26.7 Å². The van der Waals surface area contributed by atoms with Gasteiger partial charge in [0.1, 0.15) is 11.4 Å². The molecule has 146 valence electrons. The van der Waals surface area contributed by atoms with E-state index in [1.807, 2.05) is 0 Å². The van der Waals surface area contributed by atoms with E-state index in [0.29, 0.717) is 28.8 Å². The number of ether oxygens (including phenoxy) is 1. The molecule has 0 amide bonds. The number of hydrogen-bond acceptors (Lipinski definition) is 4. The van der Waals surface area contributed by atoms with Gasteiger partial charge >= 0.3 is 12.8 Å². The highest BCUT2D eigenvalue weighted by atomic mass is 19.4. The van der Waals surface area contributed by atoms with Crippen molar-refractivity contribution in [3.63, 3.8) is 0 Å². The van der Waals surface area contributed by atoms with Crippen molar-refractivity contribution in [1.82, 2.24) is 14.8 Å². The van der Waals surface area contributed by atoms with Gasteiger partial charge in [0.2, 0.25) is 0 Å². The van der Waals surface area contributed by atoms with Crippen LogP contribution in [0.25, 0.3) is 22.5 Å². The maximum absolute atomic E-state index is 12.6. The smallest absolute Gasteiger partial charge is 0.433 e. The minimum absolute atomic E-state index is 0.0489. The maximum atomic E-state index is 12.6. The number of nitrogens with zero attached hydrogens (tertiary/aromatic N) is 3. The van der Waals surface area contributed by atoms with E-state index in [0.717, 1.165) is 12.3 Å². The first kappa shape index (κ1) is 19.5. The summed E-state index contributed by atoms with van der Waals surface area (Å²) in [6, 6.07) is 7.74. The number of aryl methyl sites for hydroxylation is 1. The molecule has 0 saturated carbocycles. The average molecular weight is 397 g/mol. The minimum atomic E-state index is -4.54. The summed E-state index contributed by atoms with van der Waals surface area (Å²) < 4.78 is 68.8. The second-order valence-electron chi connectivity index (χ2n) is 5.72. The molecule has 0 radical (unpaired) electrons. The van der Waals surface area contributed by atoms with Crippen molar-refractivity contribution in [3.8, 4) is 28.3 Å². The molecule has 2 aromatic heterocycles. The van der Waals surface area contributed by atoms with E-state index in [2.05, 4.69) is 14.8 Å². The van der Waals surface area contributed by atoms with Gasteiger partial charge in [-0.3, -0.25) is 14.5 Å². The highest BCUT2D eigenvalue weighted by molar-refractivity contribution is 5.82. The number of aromatic nitrogens is 3. The molecular weight excluding hydrogens is 385 g/mol. The van der Waals surface area contributed by atoms with Crippen molar-refractivity contribution in [1.29, 1.82) is 0 Å². The summed E-state index contributed by atoms with van der Waals surface area (Å²) in [7, 11) is 1.58. The van der Waals surface area contributed by atoms with E-state index in [1.54, 1.807) is 13.1 Å². The zero-order valence-corrected chi connectivity index (χ0v) is 14.2. The molecule has 0 unspecified atom stereocenters. The fraction of sp³-hybridized carbons (Fsp3) is 0.167. The summed E-state index contributed by atoms with van der Waals surface area (Å²) in [5.74, 6) is -0.300. The van der Waals surface area contributed by atoms with Crippen LogP contribution >= 0.6 is 0 Å². The third-order valence-electron chi connectivity index (χ3n) is 3.88. The molecule has 0 fully saturated rings. The quantitative estimate of drug-likeness (QED) is 0.467. The fourth-order valence-corrected chi connectivity index (χ4v) is 2.58. The van der Waals surface area contributed by atoms with Gasteiger partial charge in [-0.15, -0.1) is 0 Å². The molecule has 0 saturated heterocycles. The van der Waals surface area contributed by atoms with Crippen molar-refractivity contribution in [2.75, 3.05) is 0 Å². The molecule has 0 aliphatic carbocycles. The lowest BCUT2D eigenvalue weighted by molar-refractivity contribution is -0.141. The second kappa shape index (κ2) is 7.37. The molecule has 28 heavy (non-hydrogen) atoms. The summed E-state index contributed by atoms with van der Waals surface area (Å²) in [4.78, 5) is 14.4. The average Bonchev–Trinajstić information content (AvgIpc) is 3.02. The first-order chi connectivity index (χ1) is 13.2. The predicted molar refractivity (Wildman–Crippen MR) is 88.9 cm³/mol. The van der Waals surface area contributed by atoms with Gasteiger partial charge in [-0.25, -0.2) is 0 Å². The second-order valence-corrected chi connectivity index (χ2v) is 5.72. The highest BCUT2D eigenvalue weighted by Crippen LogP contribution is 2.32. The molecule has 10 heteroatoms. The van der Waals surface area contributed by atoms with Crippen LogP contribution in [0.4, 0.5) is 22.0 Å². The largest absolute Gasteiger partial charge is 0.434 e. The number of carbonyl (C=O) groups excluding carboxylic acids is 1. The van der Waals surface area contributed by atoms with Gasteiger partial charge in [0.05, 0.1) is 17.0 Å². The first-order valence-electron chi connectivity index (χ1n) is 7.81. The molecule has 2 heterocycles. The molecule has 3 aromatic rings. The number of benzene rings is 1. The zero-order valence-electron chi connectivity index (χ0n) is 14.2. The molecule has 0 N–H and O–H groups in total. The van der Waals surface area contributed by atoms with Crippen LogP contribution in [0.15, 0.2) is 42.6 Å². The summed E-state index contributed by atoms with van der Waals surface area (Å²) in [5.41, 5.74) is 0.538. The number of aldehydes is 1. The first-order valence-corrected chi connectivity index (χ1v) is 7.81. The highest BCUT2D eigenvalue weighted by Gasteiger charge is 2.32. The Hall–Kier alpha value is -3.30. The van der Waals surface area contributed by atoms with Crippen LogP contribution in [0.2, 0.25) is 0 Å². The number of rotatable bonds is 5. The van der Waals surface area contributed by atoms with Crippen molar-refractivity contribution >= 4 is 6.29 Å². The van der Waals surface area contributed by atoms with Gasteiger partial charge in [-0.05, 0) is 30.3 Å². The molecular formula is C18H12F5N3O2. The van der Waals surface area contributed by atoms with Crippen molar-refractivity contribution < 1.29 is 31.5 Å². The van der Waals surface area contributed by atoms with Crippen molar-refractivity contribution in [2.24, 2.45) is 7.05 Å². The zero-order chi connectivity index (χ0) is 20.5. The van der Waals surface area contributed by atoms with Gasteiger partial charge in [0.25, 0.3) is 0 Å². The van der Waals surface area contributed by atoms with Gasteiger partial charge in [-0.1, -0.05) is 6.07 Å². The Bertz CT molecular complexity index is 997. The molecule has 0 bridgehead atoms. The lowest BCUT2D eigenvalue weighted by atomic mass is 10.1. The molecule has 3 rings (SSSR count). The molecule has 5 nitrogen and oxygen atoms in total. The lowest BCUT2D eigenvalue weighted by Crippen LogP contribution is -2.07. The van der Waals surface area contributed by atoms with Crippen LogP contribution < -0.4 is 4.74 Å². The van der Waals surface area contributed by atoms with Gasteiger partial charge in [0, 0.05) is 24.4 Å². The third-order valence-corrected chi connectivity index (χ3v) is 3.88. The third kappa shape index (κ3) is 4.00. The lowest BCUT2D eigenvalue weighted by Gasteiger charge is -2.08. The van der Waals surface area contributed by atoms with Crippen LogP contribution in [0.3, 0.4) is 0 Å². The van der Waals surface area contributed by atoms with Crippen LogP contribution in [0.5, 0.6) is 5.75 Å². The molecule has 0 atom stereocenters. The van der Waals surface area contributed by atoms with Gasteiger partial charge in [-0.2, -0.15) is 27.1 Å².